The summed E-state index contributed by atoms with van der Waals surface area (Å²) in [6.07, 6.45) is 1.39. The Balaban J connectivity index is 2.06. The number of carboxylic acids is 1. The standard InChI is InChI=1S/C12H15NO4S/c1-17-9-5-10(18-7-9)11(14)13-4-2-3-8(6-13)12(15)16/h5,7-8H,2-4,6H2,1H3,(H,15,16). The Morgan fingerprint density at radius 1 is 1.56 bits per heavy atom. The molecule has 98 valence electrons. The number of hydrogen-bond donors (Lipinski definition) is 1. The molecule has 0 bridgehead atoms. The first kappa shape index (κ1) is 12.9. The summed E-state index contributed by atoms with van der Waals surface area (Å²) < 4.78 is 5.04. The number of rotatable bonds is 3. The van der Waals surface area contributed by atoms with E-state index in [2.05, 4.69) is 0 Å². The number of aliphatic carboxylic acids is 1. The molecule has 1 atom stereocenters. The molecule has 0 aliphatic carbocycles. The van der Waals surface area contributed by atoms with Gasteiger partial charge in [0.2, 0.25) is 0 Å². The summed E-state index contributed by atoms with van der Waals surface area (Å²) in [6.45, 7) is 0.928. The van der Waals surface area contributed by atoms with E-state index >= 15 is 0 Å². The number of thiophene rings is 1. The van der Waals surface area contributed by atoms with Crippen molar-refractivity contribution >= 4 is 23.2 Å². The van der Waals surface area contributed by atoms with Gasteiger partial charge in [-0.25, -0.2) is 0 Å². The molecule has 1 unspecified atom stereocenters. The first-order chi connectivity index (χ1) is 8.61. The fraction of sp³-hybridized carbons (Fsp3) is 0.500. The molecule has 0 saturated carbocycles. The van der Waals surface area contributed by atoms with Crippen molar-refractivity contribution in [1.82, 2.24) is 4.90 Å². The highest BCUT2D eigenvalue weighted by atomic mass is 32.1. The Labute approximate surface area is 109 Å². The number of amides is 1. The van der Waals surface area contributed by atoms with Gasteiger partial charge in [-0.1, -0.05) is 0 Å². The van der Waals surface area contributed by atoms with Crippen LogP contribution in [0.5, 0.6) is 5.75 Å². The smallest absolute Gasteiger partial charge is 0.308 e. The molecule has 1 fully saturated rings. The van der Waals surface area contributed by atoms with Crippen molar-refractivity contribution < 1.29 is 19.4 Å². The number of piperidine rings is 1. The van der Waals surface area contributed by atoms with Crippen molar-refractivity contribution in [2.24, 2.45) is 5.92 Å². The van der Waals surface area contributed by atoms with Crippen LogP contribution in [0, 0.1) is 5.92 Å². The summed E-state index contributed by atoms with van der Waals surface area (Å²) in [5.41, 5.74) is 0. The third-order valence-corrected chi connectivity index (χ3v) is 3.98. The highest BCUT2D eigenvalue weighted by Crippen LogP contribution is 2.25. The molecule has 1 N–H and O–H groups in total. The Hall–Kier alpha value is -1.56. The van der Waals surface area contributed by atoms with Gasteiger partial charge in [0.1, 0.15) is 5.75 Å². The zero-order chi connectivity index (χ0) is 13.1. The number of carbonyl (C=O) groups is 2. The zero-order valence-corrected chi connectivity index (χ0v) is 10.9. The van der Waals surface area contributed by atoms with Crippen molar-refractivity contribution in [3.63, 3.8) is 0 Å². The summed E-state index contributed by atoms with van der Waals surface area (Å²) in [7, 11) is 1.55. The summed E-state index contributed by atoms with van der Waals surface area (Å²) in [4.78, 5) is 25.4. The normalized spacial score (nSPS) is 19.6. The molecule has 2 rings (SSSR count). The Kier molecular flexibility index (Phi) is 3.86. The minimum Gasteiger partial charge on any atom is -0.496 e. The van der Waals surface area contributed by atoms with E-state index in [0.717, 1.165) is 6.42 Å². The maximum absolute atomic E-state index is 12.2. The summed E-state index contributed by atoms with van der Waals surface area (Å²) in [6, 6.07) is 1.69. The van der Waals surface area contributed by atoms with Crippen LogP contribution >= 0.6 is 11.3 Å². The number of nitrogens with zero attached hydrogens (tertiary/aromatic N) is 1. The van der Waals surface area contributed by atoms with E-state index in [4.69, 9.17) is 9.84 Å². The van der Waals surface area contributed by atoms with Gasteiger partial charge in [-0.15, -0.1) is 11.3 Å². The number of carboxylic acid groups (broad SMARTS) is 1. The van der Waals surface area contributed by atoms with Gasteiger partial charge in [-0.3, -0.25) is 9.59 Å². The quantitative estimate of drug-likeness (QED) is 0.906. The van der Waals surface area contributed by atoms with Crippen molar-refractivity contribution in [2.75, 3.05) is 20.2 Å². The first-order valence-electron chi connectivity index (χ1n) is 5.76. The second kappa shape index (κ2) is 5.39. The lowest BCUT2D eigenvalue weighted by Crippen LogP contribution is -2.42. The molecule has 5 nitrogen and oxygen atoms in total. The molecular weight excluding hydrogens is 254 g/mol. The van der Waals surface area contributed by atoms with Crippen LogP contribution in [0.25, 0.3) is 0 Å². The largest absolute Gasteiger partial charge is 0.496 e. The van der Waals surface area contributed by atoms with E-state index < -0.39 is 11.9 Å². The van der Waals surface area contributed by atoms with E-state index in [1.807, 2.05) is 0 Å². The Bertz CT molecular complexity index is 457. The molecule has 0 aromatic carbocycles. The highest BCUT2D eigenvalue weighted by Gasteiger charge is 2.29. The van der Waals surface area contributed by atoms with Gasteiger partial charge in [-0.2, -0.15) is 0 Å². The van der Waals surface area contributed by atoms with Gasteiger partial charge in [0.15, 0.2) is 0 Å². The second-order valence-electron chi connectivity index (χ2n) is 4.28. The molecule has 1 saturated heterocycles. The SMILES string of the molecule is COc1csc(C(=O)N2CCCC(C(=O)O)C2)c1. The van der Waals surface area contributed by atoms with Crippen molar-refractivity contribution in [1.29, 1.82) is 0 Å². The van der Waals surface area contributed by atoms with Crippen LogP contribution < -0.4 is 4.74 Å². The summed E-state index contributed by atoms with van der Waals surface area (Å²) >= 11 is 1.32. The van der Waals surface area contributed by atoms with E-state index in [1.165, 1.54) is 11.3 Å². The Morgan fingerprint density at radius 3 is 2.94 bits per heavy atom. The molecule has 18 heavy (non-hydrogen) atoms. The topological polar surface area (TPSA) is 66.8 Å². The molecule has 0 radical (unpaired) electrons. The molecule has 1 aliphatic heterocycles. The van der Waals surface area contributed by atoms with E-state index in [0.29, 0.717) is 30.1 Å². The molecule has 6 heteroatoms. The van der Waals surface area contributed by atoms with Gasteiger partial charge in [0.05, 0.1) is 17.9 Å². The molecule has 0 spiro atoms. The van der Waals surface area contributed by atoms with Crippen molar-refractivity contribution in [3.05, 3.63) is 16.3 Å². The molecule has 1 amide bonds. The average molecular weight is 269 g/mol. The third kappa shape index (κ3) is 2.64. The van der Waals surface area contributed by atoms with E-state index in [1.54, 1.807) is 23.5 Å². The van der Waals surface area contributed by atoms with Crippen LogP contribution in [0.3, 0.4) is 0 Å². The van der Waals surface area contributed by atoms with Crippen molar-refractivity contribution in [3.8, 4) is 5.75 Å². The lowest BCUT2D eigenvalue weighted by molar-refractivity contribution is -0.143. The van der Waals surface area contributed by atoms with Crippen LogP contribution in [0.1, 0.15) is 22.5 Å². The molecule has 1 aliphatic rings. The van der Waals surface area contributed by atoms with Gasteiger partial charge in [0, 0.05) is 24.5 Å². The first-order valence-corrected chi connectivity index (χ1v) is 6.64. The summed E-state index contributed by atoms with van der Waals surface area (Å²) in [5, 5.41) is 10.8. The van der Waals surface area contributed by atoms with Gasteiger partial charge < -0.3 is 14.7 Å². The number of ether oxygens (including phenoxy) is 1. The second-order valence-corrected chi connectivity index (χ2v) is 5.19. The van der Waals surface area contributed by atoms with Gasteiger partial charge in [0.25, 0.3) is 5.91 Å². The molecular formula is C12H15NO4S. The van der Waals surface area contributed by atoms with Crippen LogP contribution in [0.4, 0.5) is 0 Å². The molecule has 1 aromatic rings. The lowest BCUT2D eigenvalue weighted by Gasteiger charge is -2.30. The number of carbonyl (C=O) groups excluding carboxylic acids is 1. The predicted octanol–water partition coefficient (Wildman–Crippen LogP) is 1.69. The van der Waals surface area contributed by atoms with Crippen LogP contribution in [-0.2, 0) is 4.79 Å². The number of methoxy groups -OCH3 is 1. The van der Waals surface area contributed by atoms with Crippen LogP contribution in [0.2, 0.25) is 0 Å². The fourth-order valence-corrected chi connectivity index (χ4v) is 2.88. The predicted molar refractivity (Wildman–Crippen MR) is 67.1 cm³/mol. The molecule has 2 heterocycles. The molecule has 1 aromatic heterocycles. The summed E-state index contributed by atoms with van der Waals surface area (Å²) in [5.74, 6) is -0.704. The number of hydrogen-bond acceptors (Lipinski definition) is 4. The lowest BCUT2D eigenvalue weighted by atomic mass is 9.98. The van der Waals surface area contributed by atoms with E-state index in [-0.39, 0.29) is 5.91 Å². The maximum atomic E-state index is 12.2. The average Bonchev–Trinajstić information content (AvgIpc) is 2.86. The minimum atomic E-state index is -0.823. The third-order valence-electron chi connectivity index (χ3n) is 3.08. The maximum Gasteiger partial charge on any atom is 0.308 e. The minimum absolute atomic E-state index is 0.103. The van der Waals surface area contributed by atoms with Crippen molar-refractivity contribution in [2.45, 2.75) is 12.8 Å². The zero-order valence-electron chi connectivity index (χ0n) is 10.1. The van der Waals surface area contributed by atoms with Crippen LogP contribution in [0.15, 0.2) is 11.4 Å². The monoisotopic (exact) mass is 269 g/mol. The Morgan fingerprint density at radius 2 is 2.33 bits per heavy atom. The van der Waals surface area contributed by atoms with E-state index in [9.17, 15) is 9.59 Å². The number of likely N-dealkylation sites (tertiary alicyclic amines) is 1. The van der Waals surface area contributed by atoms with Gasteiger partial charge in [-0.05, 0) is 12.8 Å². The highest BCUT2D eigenvalue weighted by molar-refractivity contribution is 7.12. The van der Waals surface area contributed by atoms with Crippen LogP contribution in [-0.4, -0.2) is 42.1 Å². The fourth-order valence-electron chi connectivity index (χ4n) is 2.06. The van der Waals surface area contributed by atoms with Gasteiger partial charge >= 0.3 is 5.97 Å².